The Bertz CT molecular complexity index is 494. The Morgan fingerprint density at radius 3 is 2.69 bits per heavy atom. The summed E-state index contributed by atoms with van der Waals surface area (Å²) >= 11 is 1.75. The molecule has 0 aliphatic heterocycles. The molecule has 1 fully saturated rings. The van der Waals surface area contributed by atoms with Crippen LogP contribution in [0.25, 0.3) is 10.1 Å². The van der Waals surface area contributed by atoms with Crippen molar-refractivity contribution in [2.45, 2.75) is 37.7 Å². The molecule has 0 radical (unpaired) electrons. The minimum absolute atomic E-state index is 0.567. The maximum atomic E-state index is 10.8. The van der Waals surface area contributed by atoms with E-state index in [4.69, 9.17) is 0 Å². The topological polar surface area (TPSA) is 20.2 Å². The van der Waals surface area contributed by atoms with E-state index in [2.05, 4.69) is 29.6 Å². The lowest BCUT2D eigenvalue weighted by molar-refractivity contribution is 0.000902. The smallest absolute Gasteiger partial charge is 0.0910 e. The summed E-state index contributed by atoms with van der Waals surface area (Å²) < 4.78 is 1.27. The first-order valence-electron chi connectivity index (χ1n) is 5.99. The van der Waals surface area contributed by atoms with Crippen LogP contribution in [0.4, 0.5) is 0 Å². The molecule has 3 rings (SSSR count). The van der Waals surface area contributed by atoms with E-state index in [0.29, 0.717) is 0 Å². The highest BCUT2D eigenvalue weighted by atomic mass is 32.1. The number of hydrogen-bond donors (Lipinski definition) is 1. The van der Waals surface area contributed by atoms with Gasteiger partial charge in [-0.25, -0.2) is 0 Å². The lowest BCUT2D eigenvalue weighted by Gasteiger charge is -2.32. The van der Waals surface area contributed by atoms with Gasteiger partial charge < -0.3 is 5.11 Å². The third kappa shape index (κ3) is 1.57. The molecule has 0 unspecified atom stereocenters. The lowest BCUT2D eigenvalue weighted by atomic mass is 9.79. The van der Waals surface area contributed by atoms with E-state index in [1.54, 1.807) is 11.3 Å². The van der Waals surface area contributed by atoms with Crippen LogP contribution < -0.4 is 0 Å². The van der Waals surface area contributed by atoms with E-state index >= 15 is 0 Å². The van der Waals surface area contributed by atoms with Gasteiger partial charge in [-0.1, -0.05) is 37.5 Å². The van der Waals surface area contributed by atoms with E-state index in [1.165, 1.54) is 16.5 Å². The number of fused-ring (bicyclic) bond motifs is 1. The number of benzene rings is 1. The zero-order valence-electron chi connectivity index (χ0n) is 9.28. The monoisotopic (exact) mass is 232 g/mol. The fourth-order valence-electron chi connectivity index (χ4n) is 2.77. The summed E-state index contributed by atoms with van der Waals surface area (Å²) in [6.07, 6.45) is 5.41. The van der Waals surface area contributed by atoms with Crippen molar-refractivity contribution in [2.24, 2.45) is 0 Å². The van der Waals surface area contributed by atoms with Crippen molar-refractivity contribution in [3.63, 3.8) is 0 Å². The number of thiophene rings is 1. The molecule has 16 heavy (non-hydrogen) atoms. The Kier molecular flexibility index (Phi) is 2.49. The normalized spacial score (nSPS) is 20.1. The fraction of sp³-hybridized carbons (Fsp3) is 0.429. The van der Waals surface area contributed by atoms with Crippen molar-refractivity contribution in [2.75, 3.05) is 0 Å². The highest BCUT2D eigenvalue weighted by molar-refractivity contribution is 7.17. The highest BCUT2D eigenvalue weighted by Crippen LogP contribution is 2.41. The molecule has 2 heteroatoms. The Hall–Kier alpha value is -0.860. The van der Waals surface area contributed by atoms with Crippen LogP contribution in [0.3, 0.4) is 0 Å². The Morgan fingerprint density at radius 2 is 1.88 bits per heavy atom. The van der Waals surface area contributed by atoms with Crippen molar-refractivity contribution >= 4 is 21.4 Å². The first kappa shape index (κ1) is 10.3. The second kappa shape index (κ2) is 3.86. The lowest BCUT2D eigenvalue weighted by Crippen LogP contribution is -2.28. The van der Waals surface area contributed by atoms with Crippen LogP contribution in [-0.4, -0.2) is 5.11 Å². The van der Waals surface area contributed by atoms with Gasteiger partial charge >= 0.3 is 0 Å². The molecule has 1 aromatic heterocycles. The van der Waals surface area contributed by atoms with Crippen molar-refractivity contribution in [1.82, 2.24) is 0 Å². The second-order valence-electron chi connectivity index (χ2n) is 4.74. The van der Waals surface area contributed by atoms with E-state index in [1.807, 2.05) is 0 Å². The van der Waals surface area contributed by atoms with Gasteiger partial charge in [0.15, 0.2) is 0 Å². The summed E-state index contributed by atoms with van der Waals surface area (Å²) in [5.41, 5.74) is 0.586. The number of aliphatic hydroxyl groups is 1. The van der Waals surface area contributed by atoms with Gasteiger partial charge in [0.25, 0.3) is 0 Å². The molecular formula is C14H16OS. The molecule has 1 aromatic carbocycles. The van der Waals surface area contributed by atoms with Crippen molar-refractivity contribution in [1.29, 1.82) is 0 Å². The average molecular weight is 232 g/mol. The molecular weight excluding hydrogens is 216 g/mol. The minimum Gasteiger partial charge on any atom is -0.385 e. The maximum absolute atomic E-state index is 10.8. The van der Waals surface area contributed by atoms with E-state index in [9.17, 15) is 5.11 Å². The molecule has 0 bridgehead atoms. The van der Waals surface area contributed by atoms with Crippen molar-refractivity contribution in [3.05, 3.63) is 35.2 Å². The second-order valence-corrected chi connectivity index (χ2v) is 5.65. The largest absolute Gasteiger partial charge is 0.385 e. The van der Waals surface area contributed by atoms with Crippen LogP contribution in [0.1, 0.15) is 37.7 Å². The predicted molar refractivity (Wildman–Crippen MR) is 68.8 cm³/mol. The molecule has 1 aliphatic rings. The van der Waals surface area contributed by atoms with Crippen LogP contribution >= 0.6 is 11.3 Å². The van der Waals surface area contributed by atoms with Gasteiger partial charge in [0.1, 0.15) is 0 Å². The van der Waals surface area contributed by atoms with Crippen LogP contribution in [0.2, 0.25) is 0 Å². The van der Waals surface area contributed by atoms with Crippen molar-refractivity contribution in [3.8, 4) is 0 Å². The van der Waals surface area contributed by atoms with E-state index in [0.717, 1.165) is 31.2 Å². The van der Waals surface area contributed by atoms with Gasteiger partial charge in [-0.2, -0.15) is 0 Å². The van der Waals surface area contributed by atoms with Crippen LogP contribution in [0.5, 0.6) is 0 Å². The van der Waals surface area contributed by atoms with Gasteiger partial charge in [0, 0.05) is 10.3 Å². The fourth-order valence-corrected chi connectivity index (χ4v) is 3.77. The van der Waals surface area contributed by atoms with Crippen LogP contribution in [0.15, 0.2) is 29.6 Å². The molecule has 2 aromatic rings. The number of hydrogen-bond acceptors (Lipinski definition) is 2. The SMILES string of the molecule is OC1(c2cccc3ccsc23)CCCCC1. The molecule has 0 saturated heterocycles. The molecule has 1 N–H and O–H groups in total. The van der Waals surface area contributed by atoms with Gasteiger partial charge in [0.05, 0.1) is 5.60 Å². The molecule has 0 atom stereocenters. The van der Waals surface area contributed by atoms with Crippen LogP contribution in [0, 0.1) is 0 Å². The van der Waals surface area contributed by atoms with Crippen molar-refractivity contribution < 1.29 is 5.11 Å². The van der Waals surface area contributed by atoms with E-state index < -0.39 is 5.60 Å². The quantitative estimate of drug-likeness (QED) is 0.786. The first-order valence-corrected chi connectivity index (χ1v) is 6.87. The predicted octanol–water partition coefficient (Wildman–Crippen LogP) is 4.05. The highest BCUT2D eigenvalue weighted by Gasteiger charge is 2.32. The Balaban J connectivity index is 2.13. The summed E-state index contributed by atoms with van der Waals surface area (Å²) in [4.78, 5) is 0. The summed E-state index contributed by atoms with van der Waals surface area (Å²) in [6, 6.07) is 8.43. The molecule has 1 nitrogen and oxygen atoms in total. The average Bonchev–Trinajstić information content (AvgIpc) is 2.77. The Labute approximate surface area is 99.7 Å². The minimum atomic E-state index is -0.567. The summed E-state index contributed by atoms with van der Waals surface area (Å²) in [5, 5.41) is 14.1. The van der Waals surface area contributed by atoms with Crippen LogP contribution in [-0.2, 0) is 5.60 Å². The molecule has 84 valence electrons. The zero-order chi connectivity index (χ0) is 11.0. The van der Waals surface area contributed by atoms with Gasteiger partial charge in [0.2, 0.25) is 0 Å². The van der Waals surface area contributed by atoms with Gasteiger partial charge in [-0.15, -0.1) is 11.3 Å². The molecule has 0 spiro atoms. The Morgan fingerprint density at radius 1 is 1.06 bits per heavy atom. The number of rotatable bonds is 1. The van der Waals surface area contributed by atoms with E-state index in [-0.39, 0.29) is 0 Å². The molecule has 1 saturated carbocycles. The summed E-state index contributed by atoms with van der Waals surface area (Å²) in [6.45, 7) is 0. The standard InChI is InChI=1S/C14H16OS/c15-14(8-2-1-3-9-14)12-6-4-5-11-7-10-16-13(11)12/h4-7,10,15H,1-3,8-9H2. The third-order valence-corrected chi connectivity index (χ3v) is 4.62. The summed E-state index contributed by atoms with van der Waals surface area (Å²) in [5.74, 6) is 0. The zero-order valence-corrected chi connectivity index (χ0v) is 10.1. The molecule has 0 amide bonds. The summed E-state index contributed by atoms with van der Waals surface area (Å²) in [7, 11) is 0. The maximum Gasteiger partial charge on any atom is 0.0910 e. The first-order chi connectivity index (χ1) is 7.80. The van der Waals surface area contributed by atoms with Gasteiger partial charge in [-0.05, 0) is 29.7 Å². The molecule has 1 heterocycles. The third-order valence-electron chi connectivity index (χ3n) is 3.66. The van der Waals surface area contributed by atoms with Gasteiger partial charge in [-0.3, -0.25) is 0 Å². The molecule has 1 aliphatic carbocycles.